The molecule has 3 aromatic rings. The van der Waals surface area contributed by atoms with Gasteiger partial charge in [0.2, 0.25) is 17.8 Å². The predicted octanol–water partition coefficient (Wildman–Crippen LogP) is 4.67. The minimum atomic E-state index is -2.89. The van der Waals surface area contributed by atoms with Crippen molar-refractivity contribution in [2.24, 2.45) is 0 Å². The summed E-state index contributed by atoms with van der Waals surface area (Å²) >= 11 is 6.45. The van der Waals surface area contributed by atoms with Gasteiger partial charge in [-0.2, -0.15) is 0 Å². The third-order valence-electron chi connectivity index (χ3n) is 6.64. The van der Waals surface area contributed by atoms with Gasteiger partial charge in [-0.15, -0.1) is 0 Å². The molecule has 9 nitrogen and oxygen atoms in total. The van der Waals surface area contributed by atoms with E-state index in [2.05, 4.69) is 15.3 Å². The summed E-state index contributed by atoms with van der Waals surface area (Å²) in [6, 6.07) is 9.75. The van der Waals surface area contributed by atoms with Crippen LogP contribution in [0.25, 0.3) is 0 Å². The molecule has 2 aliphatic rings. The highest BCUT2D eigenvalue weighted by Crippen LogP contribution is 2.39. The summed E-state index contributed by atoms with van der Waals surface area (Å²) in [5, 5.41) is 2.71. The second-order valence-corrected chi connectivity index (χ2v) is 9.90. The minimum absolute atomic E-state index is 0.0198. The fourth-order valence-corrected chi connectivity index (χ4v) is 5.01. The molecule has 1 saturated heterocycles. The maximum Gasteiger partial charge on any atom is 0.417 e. The van der Waals surface area contributed by atoms with Crippen LogP contribution in [0.3, 0.4) is 0 Å². The molecular formula is C27H23ClF3N5O4. The van der Waals surface area contributed by atoms with Crippen LogP contribution in [-0.2, 0) is 14.3 Å². The first-order valence-corrected chi connectivity index (χ1v) is 12.7. The Morgan fingerprint density at radius 1 is 1.12 bits per heavy atom. The van der Waals surface area contributed by atoms with Crippen LogP contribution in [0.2, 0.25) is 5.02 Å². The number of halogens is 4. The molecule has 5 rings (SSSR count). The Morgan fingerprint density at radius 3 is 2.52 bits per heavy atom. The third kappa shape index (κ3) is 5.71. The Labute approximate surface area is 231 Å². The maximum absolute atomic E-state index is 14.4. The molecule has 2 fully saturated rings. The van der Waals surface area contributed by atoms with E-state index < -0.39 is 60.6 Å². The van der Waals surface area contributed by atoms with Gasteiger partial charge < -0.3 is 10.1 Å². The van der Waals surface area contributed by atoms with Crippen molar-refractivity contribution in [1.82, 2.24) is 15.3 Å². The van der Waals surface area contributed by atoms with E-state index in [-0.39, 0.29) is 35.2 Å². The van der Waals surface area contributed by atoms with Crippen molar-refractivity contribution in [1.29, 1.82) is 0 Å². The fraction of sp³-hybridized carbons (Fsp3) is 0.296. The highest BCUT2D eigenvalue weighted by Gasteiger charge is 2.47. The van der Waals surface area contributed by atoms with Gasteiger partial charge in [0, 0.05) is 47.6 Å². The number of alkyl halides is 2. The van der Waals surface area contributed by atoms with Gasteiger partial charge in [0.25, 0.3) is 5.92 Å². The van der Waals surface area contributed by atoms with E-state index in [0.29, 0.717) is 0 Å². The zero-order valence-electron chi connectivity index (χ0n) is 20.8. The molecule has 2 atom stereocenters. The number of hydrogen-bond donors (Lipinski definition) is 1. The van der Waals surface area contributed by atoms with Crippen LogP contribution >= 0.6 is 11.6 Å². The molecule has 1 aromatic heterocycles. The highest BCUT2D eigenvalue weighted by molar-refractivity contribution is 6.31. The second-order valence-electron chi connectivity index (χ2n) is 9.49. The number of anilines is 2. The van der Waals surface area contributed by atoms with Crippen molar-refractivity contribution in [3.63, 3.8) is 0 Å². The van der Waals surface area contributed by atoms with Gasteiger partial charge in [0.05, 0.1) is 12.5 Å². The first-order valence-electron chi connectivity index (χ1n) is 12.4. The molecule has 1 aliphatic carbocycles. The Hall–Kier alpha value is -4.19. The van der Waals surface area contributed by atoms with Crippen molar-refractivity contribution < 1.29 is 32.3 Å². The summed E-state index contributed by atoms with van der Waals surface area (Å²) in [6.45, 7) is -0.167. The zero-order chi connectivity index (χ0) is 28.4. The number of aromatic nitrogens is 2. The Balaban J connectivity index is 1.52. The molecule has 1 saturated carbocycles. The fourth-order valence-electron chi connectivity index (χ4n) is 4.77. The lowest BCUT2D eigenvalue weighted by atomic mass is 9.87. The number of ether oxygens (including phenoxy) is 1. The van der Waals surface area contributed by atoms with Crippen molar-refractivity contribution in [3.05, 3.63) is 83.4 Å². The van der Waals surface area contributed by atoms with Crippen molar-refractivity contribution >= 4 is 41.1 Å². The van der Waals surface area contributed by atoms with Gasteiger partial charge >= 0.3 is 6.09 Å². The van der Waals surface area contributed by atoms with E-state index >= 15 is 0 Å². The predicted molar refractivity (Wildman–Crippen MR) is 138 cm³/mol. The Kier molecular flexibility index (Phi) is 7.61. The Morgan fingerprint density at radius 2 is 1.85 bits per heavy atom. The Bertz CT molecular complexity index is 1420. The van der Waals surface area contributed by atoms with Crippen LogP contribution < -0.4 is 15.1 Å². The number of nitrogens with one attached hydrogen (secondary N) is 1. The van der Waals surface area contributed by atoms with Crippen LogP contribution in [0.5, 0.6) is 0 Å². The number of carbonyl (C=O) groups is 3. The van der Waals surface area contributed by atoms with Crippen LogP contribution in [0.1, 0.15) is 30.9 Å². The van der Waals surface area contributed by atoms with E-state index in [1.807, 2.05) is 0 Å². The quantitative estimate of drug-likeness (QED) is 0.420. The van der Waals surface area contributed by atoms with E-state index in [4.69, 9.17) is 16.3 Å². The van der Waals surface area contributed by atoms with E-state index in [9.17, 15) is 27.6 Å². The molecule has 1 aliphatic heterocycles. The molecule has 2 aromatic carbocycles. The number of amides is 3. The minimum Gasteiger partial charge on any atom is -0.447 e. The SMILES string of the molecule is O=C(NC1CC(F)(F)C1)[C@H](c1ccccc1Cl)N(C(=O)C[C@H]1COC(=O)N1c1ncccn1)c1cccc(F)c1. The van der Waals surface area contributed by atoms with Gasteiger partial charge in [0.15, 0.2) is 0 Å². The van der Waals surface area contributed by atoms with E-state index in [1.54, 1.807) is 18.2 Å². The maximum atomic E-state index is 14.4. The molecule has 0 bridgehead atoms. The second kappa shape index (κ2) is 11.1. The topological polar surface area (TPSA) is 105 Å². The number of rotatable bonds is 8. The summed E-state index contributed by atoms with van der Waals surface area (Å²) in [4.78, 5) is 50.5. The third-order valence-corrected chi connectivity index (χ3v) is 6.98. The lowest BCUT2D eigenvalue weighted by Gasteiger charge is -2.38. The van der Waals surface area contributed by atoms with Crippen LogP contribution in [-0.4, -0.2) is 52.5 Å². The summed E-state index contributed by atoms with van der Waals surface area (Å²) in [5.74, 6) is -5.01. The van der Waals surface area contributed by atoms with Gasteiger partial charge in [-0.1, -0.05) is 35.9 Å². The summed E-state index contributed by atoms with van der Waals surface area (Å²) in [6.07, 6.45) is 0.634. The lowest BCUT2D eigenvalue weighted by Crippen LogP contribution is -2.54. The average molecular weight is 574 g/mol. The molecule has 13 heteroatoms. The smallest absolute Gasteiger partial charge is 0.417 e. The molecule has 3 amide bonds. The number of carbonyl (C=O) groups excluding carboxylic acids is 3. The molecule has 1 N–H and O–H groups in total. The van der Waals surface area contributed by atoms with Gasteiger partial charge in [-0.3, -0.25) is 14.5 Å². The summed E-state index contributed by atoms with van der Waals surface area (Å²) in [5.41, 5.74) is 0.226. The largest absolute Gasteiger partial charge is 0.447 e. The zero-order valence-corrected chi connectivity index (χ0v) is 21.6. The van der Waals surface area contributed by atoms with E-state index in [0.717, 1.165) is 15.9 Å². The highest BCUT2D eigenvalue weighted by atomic mass is 35.5. The number of hydrogen-bond acceptors (Lipinski definition) is 6. The molecule has 0 radical (unpaired) electrons. The molecule has 0 spiro atoms. The standard InChI is InChI=1S/C27H23ClF3N5O4/c28-21-8-2-1-7-20(21)23(24(38)34-17-13-27(30,31)14-17)35(18-6-3-5-16(29)11-18)22(37)12-19-15-40-26(39)36(19)25-32-9-4-10-33-25/h1-11,17,19,23H,12-15H2,(H,34,38)/t19-,23-/m0/s1. The van der Waals surface area contributed by atoms with Crippen LogP contribution in [0.4, 0.5) is 29.6 Å². The monoisotopic (exact) mass is 573 g/mol. The van der Waals surface area contributed by atoms with Crippen molar-refractivity contribution in [3.8, 4) is 0 Å². The van der Waals surface area contributed by atoms with Crippen molar-refractivity contribution in [2.45, 2.75) is 43.3 Å². The number of nitrogens with zero attached hydrogens (tertiary/aromatic N) is 4. The first kappa shape index (κ1) is 27.4. The average Bonchev–Trinajstić information content (AvgIpc) is 3.26. The van der Waals surface area contributed by atoms with E-state index in [1.165, 1.54) is 42.7 Å². The normalized spacial score (nSPS) is 18.9. The van der Waals surface area contributed by atoms with Gasteiger partial charge in [-0.25, -0.2) is 32.8 Å². The lowest BCUT2D eigenvalue weighted by molar-refractivity contribution is -0.132. The molecule has 40 heavy (non-hydrogen) atoms. The number of cyclic esters (lactones) is 1. The van der Waals surface area contributed by atoms with Crippen LogP contribution in [0, 0.1) is 5.82 Å². The summed E-state index contributed by atoms with van der Waals surface area (Å²) in [7, 11) is 0. The number of benzene rings is 2. The summed E-state index contributed by atoms with van der Waals surface area (Å²) < 4.78 is 46.6. The molecule has 2 heterocycles. The van der Waals surface area contributed by atoms with Gasteiger partial charge in [0.1, 0.15) is 18.5 Å². The van der Waals surface area contributed by atoms with Crippen LogP contribution in [0.15, 0.2) is 67.0 Å². The van der Waals surface area contributed by atoms with Crippen molar-refractivity contribution in [2.75, 3.05) is 16.4 Å². The van der Waals surface area contributed by atoms with Gasteiger partial charge in [-0.05, 0) is 30.3 Å². The first-order chi connectivity index (χ1) is 19.1. The molecule has 208 valence electrons. The molecule has 0 unspecified atom stereocenters. The molecular weight excluding hydrogens is 551 g/mol.